The minimum absolute atomic E-state index is 0.00566. The number of nitrogens with zero attached hydrogens (tertiary/aromatic N) is 1. The molecule has 0 aromatic heterocycles. The predicted octanol–water partition coefficient (Wildman–Crippen LogP) is 11.7. The molecule has 0 aliphatic rings. The van der Waals surface area contributed by atoms with Gasteiger partial charge in [0.1, 0.15) is 31.8 Å². The van der Waals surface area contributed by atoms with Crippen molar-refractivity contribution in [3.05, 3.63) is 0 Å². The largest absolute Gasteiger partial charge is 0.466 e. The second kappa shape index (κ2) is 47.6. The Morgan fingerprint density at radius 2 is 0.514 bits per heavy atom. The van der Waals surface area contributed by atoms with E-state index in [2.05, 4.69) is 25.7 Å². The molecule has 15 heteroatoms. The Bertz CT molecular complexity index is 1220. The molecule has 0 N–H and O–H groups in total. The van der Waals surface area contributed by atoms with Gasteiger partial charge in [-0.15, -0.1) is 0 Å². The Labute approximate surface area is 423 Å². The molecule has 0 heterocycles. The number of ether oxygens (including phenoxy) is 7. The van der Waals surface area contributed by atoms with E-state index in [-0.39, 0.29) is 69.5 Å². The summed E-state index contributed by atoms with van der Waals surface area (Å²) in [4.78, 5) is 91.5. The first-order valence-corrected chi connectivity index (χ1v) is 27.8. The van der Waals surface area contributed by atoms with Crippen LogP contribution in [0.1, 0.15) is 240 Å². The molecule has 0 fully saturated rings. The first-order valence-electron chi connectivity index (χ1n) is 27.8. The molecule has 0 saturated heterocycles. The maximum Gasteiger partial charge on any atom is 0.305 e. The van der Waals surface area contributed by atoms with Crippen molar-refractivity contribution in [1.82, 2.24) is 4.90 Å². The normalized spacial score (nSPS) is 11.3. The molecule has 0 atom stereocenters. The van der Waals surface area contributed by atoms with Crippen LogP contribution in [0.3, 0.4) is 0 Å². The monoisotopic (exact) mass is 998 g/mol. The molecule has 0 aliphatic heterocycles. The highest BCUT2D eigenvalue weighted by atomic mass is 16.6. The van der Waals surface area contributed by atoms with Gasteiger partial charge in [0.05, 0.1) is 19.8 Å². The molecule has 0 aromatic carbocycles. The number of esters is 7. The van der Waals surface area contributed by atoms with E-state index in [1.807, 2.05) is 13.8 Å². The molecule has 0 amide bonds. The van der Waals surface area contributed by atoms with Gasteiger partial charge in [0.25, 0.3) is 0 Å². The summed E-state index contributed by atoms with van der Waals surface area (Å²) >= 11 is 0. The van der Waals surface area contributed by atoms with Gasteiger partial charge in [-0.2, -0.15) is 0 Å². The Morgan fingerprint density at radius 1 is 0.286 bits per heavy atom. The van der Waals surface area contributed by atoms with Crippen molar-refractivity contribution in [2.45, 2.75) is 240 Å². The van der Waals surface area contributed by atoms with Crippen molar-refractivity contribution in [2.24, 2.45) is 5.41 Å². The first-order chi connectivity index (χ1) is 33.9. The maximum absolute atomic E-state index is 13.1. The lowest BCUT2D eigenvalue weighted by Gasteiger charge is -2.31. The van der Waals surface area contributed by atoms with Crippen LogP contribution in [-0.2, 0) is 66.7 Å². The van der Waals surface area contributed by atoms with Crippen LogP contribution in [0.15, 0.2) is 0 Å². The zero-order valence-corrected chi connectivity index (χ0v) is 44.9. The Kier molecular flexibility index (Phi) is 45.0. The summed E-state index contributed by atoms with van der Waals surface area (Å²) in [6.07, 6.45) is 23.1. The molecule has 0 aliphatic carbocycles. The van der Waals surface area contributed by atoms with Gasteiger partial charge in [-0.3, -0.25) is 33.6 Å². The van der Waals surface area contributed by atoms with Crippen LogP contribution in [0.4, 0.5) is 0 Å². The van der Waals surface area contributed by atoms with E-state index in [0.717, 1.165) is 70.9 Å². The number of unbranched alkanes of at least 4 members (excludes halogenated alkanes) is 18. The zero-order valence-electron chi connectivity index (χ0n) is 44.9. The van der Waals surface area contributed by atoms with Gasteiger partial charge in [0.15, 0.2) is 0 Å². The van der Waals surface area contributed by atoms with Crippen molar-refractivity contribution in [2.75, 3.05) is 65.9 Å². The second-order valence-electron chi connectivity index (χ2n) is 18.9. The standard InChI is InChI=1S/C55H99NO14/c1-6-11-14-17-20-29-41-64-48(57)33-23-26-36-51(60)67-44-55(47-70-54(63)39-32-40-56(9-4)10-5,45-68-52(61)37-27-24-34-49(58)65-42-30-21-18-15-12-7-2)46-69-53(62)38-28-25-35-50(59)66-43-31-22-19-16-13-8-3/h6-47H2,1-5H3. The summed E-state index contributed by atoms with van der Waals surface area (Å²) in [5.74, 6) is -3.18. The van der Waals surface area contributed by atoms with E-state index < -0.39 is 49.1 Å². The minimum atomic E-state index is -1.45. The van der Waals surface area contributed by atoms with E-state index in [9.17, 15) is 33.6 Å². The number of rotatable bonds is 50. The minimum Gasteiger partial charge on any atom is -0.466 e. The molecule has 15 nitrogen and oxygen atoms in total. The van der Waals surface area contributed by atoms with Gasteiger partial charge in [-0.1, -0.05) is 131 Å². The lowest BCUT2D eigenvalue weighted by molar-refractivity contribution is -0.171. The summed E-state index contributed by atoms with van der Waals surface area (Å²) in [7, 11) is 0. The Balaban J connectivity index is 5.62. The van der Waals surface area contributed by atoms with Gasteiger partial charge >= 0.3 is 41.8 Å². The molecular weight excluding hydrogens is 899 g/mol. The third kappa shape index (κ3) is 42.0. The SMILES string of the molecule is CCCCCCCCOC(=O)CCCCC(=O)OCC(COC(=O)CCCCC(=O)OCCCCCCCC)(COC(=O)CCCCC(=O)OCCCCCCCC)COC(=O)CCCN(CC)CC. The van der Waals surface area contributed by atoms with Crippen molar-refractivity contribution in [3.63, 3.8) is 0 Å². The fourth-order valence-corrected chi connectivity index (χ4v) is 7.50. The van der Waals surface area contributed by atoms with Crippen molar-refractivity contribution in [3.8, 4) is 0 Å². The average molecular weight is 998 g/mol. The summed E-state index contributed by atoms with van der Waals surface area (Å²) in [5, 5.41) is 0. The highest BCUT2D eigenvalue weighted by Gasteiger charge is 2.38. The molecule has 0 radical (unpaired) electrons. The molecular formula is C55H99NO14. The summed E-state index contributed by atoms with van der Waals surface area (Å²) < 4.78 is 38.9. The van der Waals surface area contributed by atoms with Gasteiger partial charge in [0, 0.05) is 44.9 Å². The van der Waals surface area contributed by atoms with Crippen LogP contribution < -0.4 is 0 Å². The van der Waals surface area contributed by atoms with Crippen molar-refractivity contribution in [1.29, 1.82) is 0 Å². The molecule has 408 valence electrons. The van der Waals surface area contributed by atoms with Crippen molar-refractivity contribution >= 4 is 41.8 Å². The average Bonchev–Trinajstić information content (AvgIpc) is 3.35. The fraction of sp³-hybridized carbons (Fsp3) is 0.873. The molecule has 0 rings (SSSR count). The topological polar surface area (TPSA) is 187 Å². The highest BCUT2D eigenvalue weighted by Crippen LogP contribution is 2.24. The van der Waals surface area contributed by atoms with E-state index in [1.54, 1.807) is 0 Å². The number of carbonyl (C=O) groups is 7. The van der Waals surface area contributed by atoms with Gasteiger partial charge in [0.2, 0.25) is 0 Å². The lowest BCUT2D eigenvalue weighted by atomic mass is 9.92. The molecule has 0 saturated carbocycles. The van der Waals surface area contributed by atoms with Crippen LogP contribution in [0.5, 0.6) is 0 Å². The number of hydrogen-bond donors (Lipinski definition) is 0. The van der Waals surface area contributed by atoms with Crippen LogP contribution >= 0.6 is 0 Å². The molecule has 0 unspecified atom stereocenters. The van der Waals surface area contributed by atoms with Crippen LogP contribution in [-0.4, -0.2) is 113 Å². The van der Waals surface area contributed by atoms with Crippen LogP contribution in [0.25, 0.3) is 0 Å². The van der Waals surface area contributed by atoms with E-state index in [0.29, 0.717) is 71.3 Å². The molecule has 0 aromatic rings. The van der Waals surface area contributed by atoms with Gasteiger partial charge in [-0.25, -0.2) is 0 Å². The van der Waals surface area contributed by atoms with Crippen LogP contribution in [0.2, 0.25) is 0 Å². The van der Waals surface area contributed by atoms with E-state index in [1.165, 1.54) is 57.8 Å². The molecule has 0 spiro atoms. The third-order valence-corrected chi connectivity index (χ3v) is 12.2. The molecule has 0 bridgehead atoms. The predicted molar refractivity (Wildman–Crippen MR) is 272 cm³/mol. The van der Waals surface area contributed by atoms with Gasteiger partial charge in [-0.05, 0) is 83.8 Å². The maximum atomic E-state index is 13.1. The number of hydrogen-bond acceptors (Lipinski definition) is 15. The third-order valence-electron chi connectivity index (χ3n) is 12.2. The quantitative estimate of drug-likeness (QED) is 0.0318. The Morgan fingerprint density at radius 3 is 0.771 bits per heavy atom. The Hall–Kier alpha value is -3.75. The van der Waals surface area contributed by atoms with E-state index >= 15 is 0 Å². The lowest BCUT2D eigenvalue weighted by Crippen LogP contribution is -2.44. The van der Waals surface area contributed by atoms with Crippen LogP contribution in [0, 0.1) is 5.41 Å². The first kappa shape index (κ1) is 66.2. The second-order valence-corrected chi connectivity index (χ2v) is 18.9. The van der Waals surface area contributed by atoms with Crippen molar-refractivity contribution < 1.29 is 66.7 Å². The zero-order chi connectivity index (χ0) is 51.8. The smallest absolute Gasteiger partial charge is 0.305 e. The van der Waals surface area contributed by atoms with E-state index in [4.69, 9.17) is 33.2 Å². The molecule has 70 heavy (non-hydrogen) atoms. The summed E-state index contributed by atoms with van der Waals surface area (Å²) in [6, 6.07) is 0. The van der Waals surface area contributed by atoms with Gasteiger partial charge < -0.3 is 38.1 Å². The summed E-state index contributed by atoms with van der Waals surface area (Å²) in [6.45, 7) is 12.6. The number of carbonyl (C=O) groups excluding carboxylic acids is 7. The summed E-state index contributed by atoms with van der Waals surface area (Å²) in [5.41, 5.74) is -1.45. The highest BCUT2D eigenvalue weighted by molar-refractivity contribution is 5.72. The fourth-order valence-electron chi connectivity index (χ4n) is 7.50.